The topological polar surface area (TPSA) is 32.6 Å². The van der Waals surface area contributed by atoms with E-state index in [2.05, 4.69) is 11.1 Å². The van der Waals surface area contributed by atoms with Gasteiger partial charge < -0.3 is 5.11 Å². The number of phenols is 1. The van der Waals surface area contributed by atoms with Crippen LogP contribution in [0.25, 0.3) is 0 Å². The van der Waals surface area contributed by atoms with Crippen molar-refractivity contribution in [3.8, 4) is 5.75 Å². The van der Waals surface area contributed by atoms with Gasteiger partial charge in [0.25, 0.3) is 0 Å². The number of aliphatic imine (C=N–C) groups is 1. The maximum atomic E-state index is 9.62. The van der Waals surface area contributed by atoms with E-state index < -0.39 is 0 Å². The van der Waals surface area contributed by atoms with E-state index in [0.717, 1.165) is 13.0 Å². The van der Waals surface area contributed by atoms with E-state index in [4.69, 9.17) is 11.6 Å². The molecule has 0 unspecified atom stereocenters. The molecule has 0 atom stereocenters. The van der Waals surface area contributed by atoms with Crippen LogP contribution in [0, 0.1) is 0 Å². The first-order valence-corrected chi connectivity index (χ1v) is 6.80. The molecule has 2 rings (SSSR count). The zero-order chi connectivity index (χ0) is 12.8. The first kappa shape index (κ1) is 13.2. The van der Waals surface area contributed by atoms with Gasteiger partial charge in [-0.2, -0.15) is 0 Å². The number of benzene rings is 1. The second-order valence-electron chi connectivity index (χ2n) is 4.60. The fraction of sp³-hybridized carbons (Fsp3) is 0.400. The van der Waals surface area contributed by atoms with Crippen molar-refractivity contribution < 1.29 is 5.11 Å². The van der Waals surface area contributed by atoms with Gasteiger partial charge >= 0.3 is 0 Å². The van der Waals surface area contributed by atoms with Crippen LogP contribution in [0.5, 0.6) is 5.75 Å². The predicted molar refractivity (Wildman–Crippen MR) is 76.7 cm³/mol. The van der Waals surface area contributed by atoms with Crippen LogP contribution in [0.1, 0.15) is 37.7 Å². The van der Waals surface area contributed by atoms with E-state index in [9.17, 15) is 5.11 Å². The van der Waals surface area contributed by atoms with Gasteiger partial charge in [-0.25, -0.2) is 0 Å². The second-order valence-corrected chi connectivity index (χ2v) is 5.03. The lowest BCUT2D eigenvalue weighted by Gasteiger charge is -2.10. The summed E-state index contributed by atoms with van der Waals surface area (Å²) in [4.78, 5) is 4.35. The second kappa shape index (κ2) is 6.60. The summed E-state index contributed by atoms with van der Waals surface area (Å²) >= 11 is 5.87. The molecule has 2 nitrogen and oxygen atoms in total. The lowest BCUT2D eigenvalue weighted by molar-refractivity contribution is 0.474. The third-order valence-corrected chi connectivity index (χ3v) is 3.40. The third kappa shape index (κ3) is 3.88. The summed E-state index contributed by atoms with van der Waals surface area (Å²) in [6, 6.07) is 4.98. The average molecular weight is 264 g/mol. The van der Waals surface area contributed by atoms with Crippen molar-refractivity contribution in [1.29, 1.82) is 0 Å². The van der Waals surface area contributed by atoms with E-state index in [1.54, 1.807) is 24.4 Å². The summed E-state index contributed by atoms with van der Waals surface area (Å²) in [7, 11) is 0. The largest absolute Gasteiger partial charge is 0.507 e. The normalized spacial score (nSPS) is 15.9. The third-order valence-electron chi connectivity index (χ3n) is 3.17. The van der Waals surface area contributed by atoms with Gasteiger partial charge in [-0.15, -0.1) is 0 Å². The first-order valence-electron chi connectivity index (χ1n) is 6.42. The van der Waals surface area contributed by atoms with Gasteiger partial charge in [-0.3, -0.25) is 4.99 Å². The molecule has 0 aromatic heterocycles. The summed E-state index contributed by atoms with van der Waals surface area (Å²) in [6.07, 6.45) is 10.1. The quantitative estimate of drug-likeness (QED) is 0.636. The van der Waals surface area contributed by atoms with E-state index in [1.807, 2.05) is 0 Å². The highest BCUT2D eigenvalue weighted by atomic mass is 35.5. The molecule has 0 fully saturated rings. The number of allylic oxidation sites excluding steroid dienone is 1. The number of halogens is 1. The minimum Gasteiger partial charge on any atom is -0.507 e. The highest BCUT2D eigenvalue weighted by molar-refractivity contribution is 6.30. The summed E-state index contributed by atoms with van der Waals surface area (Å²) in [5, 5.41) is 10.2. The molecule has 0 saturated heterocycles. The Morgan fingerprint density at radius 2 is 2.22 bits per heavy atom. The van der Waals surface area contributed by atoms with Crippen LogP contribution in [0.4, 0.5) is 0 Å². The number of hydrogen-bond donors (Lipinski definition) is 1. The number of hydrogen-bond acceptors (Lipinski definition) is 2. The van der Waals surface area contributed by atoms with Gasteiger partial charge in [0.15, 0.2) is 0 Å². The molecule has 3 heteroatoms. The van der Waals surface area contributed by atoms with Crippen molar-refractivity contribution in [2.24, 2.45) is 4.99 Å². The Labute approximate surface area is 113 Å². The summed E-state index contributed by atoms with van der Waals surface area (Å²) < 4.78 is 0. The van der Waals surface area contributed by atoms with Crippen molar-refractivity contribution in [1.82, 2.24) is 0 Å². The Hall–Kier alpha value is -1.28. The number of nitrogens with zero attached hydrogens (tertiary/aromatic N) is 1. The minimum atomic E-state index is 0.222. The maximum absolute atomic E-state index is 9.62. The number of phenolic OH excluding ortho intramolecular Hbond substituents is 1. The Bertz CT molecular complexity index is 466. The van der Waals surface area contributed by atoms with E-state index in [-0.39, 0.29) is 5.75 Å². The molecule has 1 aliphatic rings. The Morgan fingerprint density at radius 3 is 3.00 bits per heavy atom. The molecule has 0 saturated carbocycles. The van der Waals surface area contributed by atoms with Crippen LogP contribution in [-0.2, 0) is 0 Å². The fourth-order valence-corrected chi connectivity index (χ4v) is 2.31. The highest BCUT2D eigenvalue weighted by Gasteiger charge is 2.02. The Balaban J connectivity index is 1.87. The van der Waals surface area contributed by atoms with Gasteiger partial charge in [-0.05, 0) is 50.3 Å². The van der Waals surface area contributed by atoms with Crippen LogP contribution < -0.4 is 0 Å². The zero-order valence-electron chi connectivity index (χ0n) is 10.4. The van der Waals surface area contributed by atoms with Gasteiger partial charge in [-0.1, -0.05) is 23.3 Å². The molecule has 18 heavy (non-hydrogen) atoms. The molecule has 96 valence electrons. The zero-order valence-corrected chi connectivity index (χ0v) is 11.2. The lowest BCUT2D eigenvalue weighted by atomic mass is 9.97. The van der Waals surface area contributed by atoms with Gasteiger partial charge in [0.05, 0.1) is 0 Å². The minimum absolute atomic E-state index is 0.222. The predicted octanol–water partition coefficient (Wildman–Crippen LogP) is 4.36. The van der Waals surface area contributed by atoms with Gasteiger partial charge in [0.1, 0.15) is 5.75 Å². The molecular formula is C15H18ClNO. The Kier molecular flexibility index (Phi) is 4.82. The van der Waals surface area contributed by atoms with Crippen LogP contribution in [0.15, 0.2) is 34.8 Å². The maximum Gasteiger partial charge on any atom is 0.124 e. The van der Waals surface area contributed by atoms with Crippen molar-refractivity contribution >= 4 is 17.8 Å². The molecule has 1 aliphatic carbocycles. The molecule has 0 radical (unpaired) electrons. The Morgan fingerprint density at radius 1 is 1.33 bits per heavy atom. The molecule has 1 aromatic carbocycles. The summed E-state index contributed by atoms with van der Waals surface area (Å²) in [6.45, 7) is 0.776. The van der Waals surface area contributed by atoms with E-state index in [0.29, 0.717) is 10.6 Å². The number of aromatic hydroxyl groups is 1. The van der Waals surface area contributed by atoms with Crippen molar-refractivity contribution in [2.45, 2.75) is 32.1 Å². The lowest BCUT2D eigenvalue weighted by Crippen LogP contribution is -1.94. The molecule has 1 aromatic rings. The fourth-order valence-electron chi connectivity index (χ4n) is 2.13. The highest BCUT2D eigenvalue weighted by Crippen LogP contribution is 2.21. The van der Waals surface area contributed by atoms with Crippen LogP contribution >= 0.6 is 11.6 Å². The smallest absolute Gasteiger partial charge is 0.124 e. The van der Waals surface area contributed by atoms with Gasteiger partial charge in [0.2, 0.25) is 0 Å². The van der Waals surface area contributed by atoms with Crippen molar-refractivity contribution in [3.63, 3.8) is 0 Å². The van der Waals surface area contributed by atoms with Crippen molar-refractivity contribution in [2.75, 3.05) is 6.54 Å². The molecule has 0 spiro atoms. The van der Waals surface area contributed by atoms with Crippen LogP contribution in [-0.4, -0.2) is 17.9 Å². The van der Waals surface area contributed by atoms with Gasteiger partial charge in [0, 0.05) is 23.3 Å². The van der Waals surface area contributed by atoms with Crippen LogP contribution in [0.2, 0.25) is 5.02 Å². The summed E-state index contributed by atoms with van der Waals surface area (Å²) in [5.74, 6) is 0.222. The van der Waals surface area contributed by atoms with E-state index in [1.165, 1.54) is 31.3 Å². The van der Waals surface area contributed by atoms with Crippen LogP contribution in [0.3, 0.4) is 0 Å². The molecule has 0 amide bonds. The SMILES string of the molecule is Oc1ccc(Cl)cc1C=NCCC1=CCCCC1. The molecule has 1 N–H and O–H groups in total. The average Bonchev–Trinajstić information content (AvgIpc) is 2.40. The van der Waals surface area contributed by atoms with Crippen molar-refractivity contribution in [3.05, 3.63) is 40.4 Å². The monoisotopic (exact) mass is 263 g/mol. The first-order chi connectivity index (χ1) is 8.75. The molecule has 0 heterocycles. The summed E-state index contributed by atoms with van der Waals surface area (Å²) in [5.41, 5.74) is 2.20. The molecule has 0 bridgehead atoms. The van der Waals surface area contributed by atoms with E-state index >= 15 is 0 Å². The number of rotatable bonds is 4. The molecular weight excluding hydrogens is 246 g/mol. The molecule has 0 aliphatic heterocycles. The standard InChI is InChI=1S/C15H18ClNO/c16-14-6-7-15(18)13(10-14)11-17-9-8-12-4-2-1-3-5-12/h4,6-7,10-11,18H,1-3,5,8-9H2.